The second-order valence-electron chi connectivity index (χ2n) is 4.08. The molecular formula is C13H20N2O3S2. The molecule has 0 bridgehead atoms. The molecule has 5 nitrogen and oxygen atoms in total. The topological polar surface area (TPSA) is 72.6 Å². The zero-order valence-electron chi connectivity index (χ0n) is 11.7. The van der Waals surface area contributed by atoms with E-state index in [0.717, 1.165) is 0 Å². The van der Waals surface area contributed by atoms with Crippen molar-refractivity contribution in [2.45, 2.75) is 18.7 Å². The van der Waals surface area contributed by atoms with Gasteiger partial charge in [-0.3, -0.25) is 0 Å². The molecule has 0 atom stereocenters. The van der Waals surface area contributed by atoms with Crippen LogP contribution < -0.4 is 5.73 Å². The summed E-state index contributed by atoms with van der Waals surface area (Å²) < 4.78 is 31.5. The van der Waals surface area contributed by atoms with Gasteiger partial charge in [-0.15, -0.1) is 0 Å². The van der Waals surface area contributed by atoms with E-state index in [4.69, 9.17) is 22.7 Å². The van der Waals surface area contributed by atoms with E-state index in [1.54, 1.807) is 19.1 Å². The van der Waals surface area contributed by atoms with Gasteiger partial charge in [-0.25, -0.2) is 8.42 Å². The van der Waals surface area contributed by atoms with Crippen LogP contribution in [0.1, 0.15) is 19.4 Å². The molecule has 0 spiro atoms. The first-order valence-electron chi connectivity index (χ1n) is 6.41. The Labute approximate surface area is 125 Å². The maximum atomic E-state index is 12.4. The minimum absolute atomic E-state index is 0.232. The Bertz CT molecular complexity index is 541. The van der Waals surface area contributed by atoms with Crippen LogP contribution in [0.4, 0.5) is 0 Å². The van der Waals surface area contributed by atoms with Gasteiger partial charge >= 0.3 is 0 Å². The van der Waals surface area contributed by atoms with Gasteiger partial charge in [-0.05, 0) is 19.1 Å². The van der Waals surface area contributed by atoms with Crippen molar-refractivity contribution >= 4 is 27.2 Å². The summed E-state index contributed by atoms with van der Waals surface area (Å²) in [6.45, 7) is 5.36. The highest BCUT2D eigenvalue weighted by Crippen LogP contribution is 2.16. The van der Waals surface area contributed by atoms with Gasteiger partial charge in [0.25, 0.3) is 0 Å². The van der Waals surface area contributed by atoms with Crippen LogP contribution in [0, 0.1) is 0 Å². The lowest BCUT2D eigenvalue weighted by atomic mass is 10.2. The number of likely N-dealkylation sites (N-methyl/N-ethyl adjacent to an activating group) is 1. The number of rotatable bonds is 8. The Balaban J connectivity index is 2.92. The van der Waals surface area contributed by atoms with Crippen LogP contribution in [0.15, 0.2) is 29.2 Å². The monoisotopic (exact) mass is 316 g/mol. The van der Waals surface area contributed by atoms with E-state index in [9.17, 15) is 8.42 Å². The van der Waals surface area contributed by atoms with Crippen LogP contribution in [-0.2, 0) is 14.8 Å². The molecule has 0 aliphatic rings. The third kappa shape index (κ3) is 4.24. The van der Waals surface area contributed by atoms with E-state index in [1.165, 1.54) is 16.4 Å². The fourth-order valence-electron chi connectivity index (χ4n) is 1.70. The highest BCUT2D eigenvalue weighted by Gasteiger charge is 2.22. The Hall–Kier alpha value is -1.02. The van der Waals surface area contributed by atoms with E-state index in [0.29, 0.717) is 31.9 Å². The summed E-state index contributed by atoms with van der Waals surface area (Å²) >= 11 is 4.85. The van der Waals surface area contributed by atoms with Gasteiger partial charge in [0, 0.05) is 25.3 Å². The number of hydrogen-bond donors (Lipinski definition) is 1. The molecule has 0 aliphatic heterocycles. The Morgan fingerprint density at radius 2 is 1.90 bits per heavy atom. The lowest BCUT2D eigenvalue weighted by molar-refractivity contribution is 0.135. The van der Waals surface area contributed by atoms with Crippen molar-refractivity contribution in [1.29, 1.82) is 0 Å². The first-order chi connectivity index (χ1) is 9.43. The number of ether oxygens (including phenoxy) is 1. The zero-order chi connectivity index (χ0) is 15.2. The molecule has 0 unspecified atom stereocenters. The summed E-state index contributed by atoms with van der Waals surface area (Å²) in [7, 11) is -3.50. The lowest BCUT2D eigenvalue weighted by Crippen LogP contribution is -2.34. The summed E-state index contributed by atoms with van der Waals surface area (Å²) in [5.41, 5.74) is 6.14. The predicted octanol–water partition coefficient (Wildman–Crippen LogP) is 1.37. The molecule has 0 aliphatic carbocycles. The van der Waals surface area contributed by atoms with Gasteiger partial charge in [0.05, 0.1) is 11.5 Å². The van der Waals surface area contributed by atoms with Gasteiger partial charge in [0.15, 0.2) is 0 Å². The van der Waals surface area contributed by atoms with Crippen LogP contribution in [-0.4, -0.2) is 44.0 Å². The van der Waals surface area contributed by atoms with Crippen molar-refractivity contribution in [3.63, 3.8) is 0 Å². The summed E-state index contributed by atoms with van der Waals surface area (Å²) in [5.74, 6) is 0. The number of sulfonamides is 1. The normalized spacial score (nSPS) is 11.8. The molecule has 1 rings (SSSR count). The number of benzene rings is 1. The number of nitrogens with zero attached hydrogens (tertiary/aromatic N) is 1. The van der Waals surface area contributed by atoms with Crippen molar-refractivity contribution in [1.82, 2.24) is 4.31 Å². The summed E-state index contributed by atoms with van der Waals surface area (Å²) in [6.07, 6.45) is 0. The quantitative estimate of drug-likeness (QED) is 0.579. The van der Waals surface area contributed by atoms with Crippen LogP contribution in [0.5, 0.6) is 0 Å². The van der Waals surface area contributed by atoms with Gasteiger partial charge in [-0.1, -0.05) is 31.3 Å². The van der Waals surface area contributed by atoms with Gasteiger partial charge in [0.2, 0.25) is 10.0 Å². The second-order valence-corrected chi connectivity index (χ2v) is 6.46. The molecular weight excluding hydrogens is 296 g/mol. The van der Waals surface area contributed by atoms with Gasteiger partial charge < -0.3 is 10.5 Å². The minimum Gasteiger partial charge on any atom is -0.389 e. The zero-order valence-corrected chi connectivity index (χ0v) is 13.3. The van der Waals surface area contributed by atoms with E-state index in [2.05, 4.69) is 0 Å². The molecule has 0 radical (unpaired) electrons. The van der Waals surface area contributed by atoms with Crippen LogP contribution in [0.2, 0.25) is 0 Å². The second kappa shape index (κ2) is 7.68. The molecule has 0 saturated heterocycles. The molecule has 20 heavy (non-hydrogen) atoms. The summed E-state index contributed by atoms with van der Waals surface area (Å²) in [4.78, 5) is 0.480. The minimum atomic E-state index is -3.50. The molecule has 0 saturated carbocycles. The standard InChI is InChI=1S/C13H20N2O3S2/c1-3-15(9-10-18-4-2)20(16,17)12-7-5-11(6-8-12)13(14)19/h5-8H,3-4,9-10H2,1-2H3,(H2,14,19). The molecule has 2 N–H and O–H groups in total. The smallest absolute Gasteiger partial charge is 0.243 e. The van der Waals surface area contributed by atoms with Crippen molar-refractivity contribution in [3.8, 4) is 0 Å². The maximum absolute atomic E-state index is 12.4. The average molecular weight is 316 g/mol. The van der Waals surface area contributed by atoms with Crippen LogP contribution >= 0.6 is 12.2 Å². The van der Waals surface area contributed by atoms with Crippen molar-refractivity contribution in [3.05, 3.63) is 29.8 Å². The third-order valence-corrected chi connectivity index (χ3v) is 5.04. The van der Waals surface area contributed by atoms with Crippen LogP contribution in [0.25, 0.3) is 0 Å². The summed E-state index contributed by atoms with van der Waals surface area (Å²) in [5, 5.41) is 0. The Morgan fingerprint density at radius 1 is 1.30 bits per heavy atom. The summed E-state index contributed by atoms with van der Waals surface area (Å²) in [6, 6.07) is 6.28. The number of thiocarbonyl (C=S) groups is 1. The SMILES string of the molecule is CCOCCN(CC)S(=O)(=O)c1ccc(C(N)=S)cc1. The average Bonchev–Trinajstić information content (AvgIpc) is 2.43. The van der Waals surface area contributed by atoms with Gasteiger partial charge in [-0.2, -0.15) is 4.31 Å². The molecule has 112 valence electrons. The number of nitrogens with two attached hydrogens (primary N) is 1. The third-order valence-electron chi connectivity index (χ3n) is 2.82. The van der Waals surface area contributed by atoms with Crippen molar-refractivity contribution < 1.29 is 13.2 Å². The lowest BCUT2D eigenvalue weighted by Gasteiger charge is -2.20. The van der Waals surface area contributed by atoms with E-state index >= 15 is 0 Å². The fraction of sp³-hybridized carbons (Fsp3) is 0.462. The highest BCUT2D eigenvalue weighted by atomic mass is 32.2. The van der Waals surface area contributed by atoms with Crippen molar-refractivity contribution in [2.75, 3.05) is 26.3 Å². The Morgan fingerprint density at radius 3 is 2.35 bits per heavy atom. The molecule has 1 aromatic rings. The van der Waals surface area contributed by atoms with E-state index < -0.39 is 10.0 Å². The first-order valence-corrected chi connectivity index (χ1v) is 8.26. The number of hydrogen-bond acceptors (Lipinski definition) is 4. The molecule has 1 aromatic carbocycles. The molecule has 0 fully saturated rings. The molecule has 0 heterocycles. The molecule has 0 amide bonds. The molecule has 7 heteroatoms. The van der Waals surface area contributed by atoms with E-state index in [-0.39, 0.29) is 9.88 Å². The van der Waals surface area contributed by atoms with Gasteiger partial charge in [0.1, 0.15) is 4.99 Å². The highest BCUT2D eigenvalue weighted by molar-refractivity contribution is 7.89. The predicted molar refractivity (Wildman–Crippen MR) is 83.3 cm³/mol. The first kappa shape index (κ1) is 17.0. The Kier molecular flexibility index (Phi) is 6.54. The fourth-order valence-corrected chi connectivity index (χ4v) is 3.27. The van der Waals surface area contributed by atoms with E-state index in [1.807, 2.05) is 6.92 Å². The van der Waals surface area contributed by atoms with Crippen molar-refractivity contribution in [2.24, 2.45) is 5.73 Å². The molecule has 0 aromatic heterocycles. The maximum Gasteiger partial charge on any atom is 0.243 e. The van der Waals surface area contributed by atoms with Crippen LogP contribution in [0.3, 0.4) is 0 Å². The largest absolute Gasteiger partial charge is 0.389 e.